The zero-order valence-electron chi connectivity index (χ0n) is 4.89. The van der Waals surface area contributed by atoms with Crippen LogP contribution in [-0.4, -0.2) is 26.2 Å². The van der Waals surface area contributed by atoms with Gasteiger partial charge < -0.3 is 5.21 Å². The number of hydrogen-bond acceptors (Lipinski definition) is 4. The summed E-state index contributed by atoms with van der Waals surface area (Å²) in [5.74, 6) is 0.525. The van der Waals surface area contributed by atoms with Crippen molar-refractivity contribution in [2.24, 2.45) is 12.2 Å². The first kappa shape index (κ1) is 5.74. The predicted octanol–water partition coefficient (Wildman–Crippen LogP) is -0.377. The molecule has 1 aromatic heterocycles. The molecule has 1 N–H and O–H groups in total. The highest BCUT2D eigenvalue weighted by Gasteiger charge is 1.92. The Morgan fingerprint density at radius 1 is 1.89 bits per heavy atom. The van der Waals surface area contributed by atoms with Crippen molar-refractivity contribution in [3.63, 3.8) is 0 Å². The molecule has 1 heterocycles. The maximum atomic E-state index is 8.05. The number of aromatic nitrogens is 3. The zero-order valence-corrected chi connectivity index (χ0v) is 4.89. The maximum absolute atomic E-state index is 8.05. The first-order valence-corrected chi connectivity index (χ1v) is 2.36. The lowest BCUT2D eigenvalue weighted by Gasteiger charge is -1.86. The molecule has 0 atom stereocenters. The van der Waals surface area contributed by atoms with Crippen molar-refractivity contribution in [2.45, 2.75) is 0 Å². The van der Waals surface area contributed by atoms with Gasteiger partial charge in [-0.3, -0.25) is 0 Å². The molecular formula is C4H6N4O. The Kier molecular flexibility index (Phi) is 1.44. The molecule has 0 aliphatic carbocycles. The molecule has 0 bridgehead atoms. The summed E-state index contributed by atoms with van der Waals surface area (Å²) in [4.78, 5) is 3.75. The van der Waals surface area contributed by atoms with Crippen molar-refractivity contribution in [1.82, 2.24) is 14.8 Å². The van der Waals surface area contributed by atoms with E-state index in [9.17, 15) is 0 Å². The van der Waals surface area contributed by atoms with Crippen molar-refractivity contribution in [2.75, 3.05) is 0 Å². The van der Waals surface area contributed by atoms with Crippen LogP contribution in [-0.2, 0) is 7.05 Å². The van der Waals surface area contributed by atoms with Crippen LogP contribution in [0.4, 0.5) is 0 Å². The van der Waals surface area contributed by atoms with Crippen LogP contribution in [0, 0.1) is 0 Å². The highest BCUT2D eigenvalue weighted by molar-refractivity contribution is 5.73. The Balaban J connectivity index is 2.94. The normalized spacial score (nSPS) is 10.8. The van der Waals surface area contributed by atoms with Crippen molar-refractivity contribution >= 4 is 6.21 Å². The van der Waals surface area contributed by atoms with E-state index in [1.54, 1.807) is 7.05 Å². The van der Waals surface area contributed by atoms with Gasteiger partial charge in [-0.05, 0) is 0 Å². The molecule has 48 valence electrons. The van der Waals surface area contributed by atoms with E-state index in [1.165, 1.54) is 17.2 Å². The van der Waals surface area contributed by atoms with Crippen molar-refractivity contribution < 1.29 is 5.21 Å². The molecule has 0 fully saturated rings. The Bertz CT molecular complexity index is 216. The van der Waals surface area contributed by atoms with Crippen molar-refractivity contribution in [1.29, 1.82) is 0 Å². The number of aryl methyl sites for hydroxylation is 1. The predicted molar refractivity (Wildman–Crippen MR) is 30.4 cm³/mol. The van der Waals surface area contributed by atoms with E-state index in [2.05, 4.69) is 15.2 Å². The van der Waals surface area contributed by atoms with Crippen LogP contribution < -0.4 is 0 Å². The van der Waals surface area contributed by atoms with Gasteiger partial charge in [-0.2, -0.15) is 5.10 Å². The summed E-state index contributed by atoms with van der Waals surface area (Å²) >= 11 is 0. The molecule has 0 spiro atoms. The molecule has 0 radical (unpaired) electrons. The largest absolute Gasteiger partial charge is 0.411 e. The summed E-state index contributed by atoms with van der Waals surface area (Å²) in [7, 11) is 1.71. The fourth-order valence-corrected chi connectivity index (χ4v) is 0.474. The third-order valence-electron chi connectivity index (χ3n) is 0.920. The summed E-state index contributed by atoms with van der Waals surface area (Å²) in [5.41, 5.74) is 0. The van der Waals surface area contributed by atoms with Gasteiger partial charge in [0, 0.05) is 7.05 Å². The van der Waals surface area contributed by atoms with Gasteiger partial charge in [0.05, 0.1) is 0 Å². The molecule has 0 amide bonds. The Morgan fingerprint density at radius 3 is 3.11 bits per heavy atom. The standard InChI is InChI=1S/C4H6N4O/c1-8-4(2-7-9)5-3-6-8/h2-3,9H,1H3/b7-2+. The Morgan fingerprint density at radius 2 is 2.67 bits per heavy atom. The lowest BCUT2D eigenvalue weighted by Crippen LogP contribution is -1.97. The second-order valence-corrected chi connectivity index (χ2v) is 1.49. The van der Waals surface area contributed by atoms with Crippen LogP contribution in [0.15, 0.2) is 11.5 Å². The van der Waals surface area contributed by atoms with E-state index in [-0.39, 0.29) is 0 Å². The number of rotatable bonds is 1. The molecule has 0 aromatic carbocycles. The van der Waals surface area contributed by atoms with Crippen LogP contribution in [0.25, 0.3) is 0 Å². The monoisotopic (exact) mass is 126 g/mol. The summed E-state index contributed by atoms with van der Waals surface area (Å²) in [5, 5.41) is 14.6. The van der Waals surface area contributed by atoms with Crippen LogP contribution >= 0.6 is 0 Å². The summed E-state index contributed by atoms with van der Waals surface area (Å²) in [6.07, 6.45) is 2.60. The lowest BCUT2D eigenvalue weighted by molar-refractivity contribution is 0.321. The maximum Gasteiger partial charge on any atom is 0.172 e. The van der Waals surface area contributed by atoms with E-state index in [0.717, 1.165) is 0 Å². The summed E-state index contributed by atoms with van der Waals surface area (Å²) < 4.78 is 1.50. The minimum absolute atomic E-state index is 0.525. The molecule has 9 heavy (non-hydrogen) atoms. The third-order valence-corrected chi connectivity index (χ3v) is 0.920. The quantitative estimate of drug-likeness (QED) is 0.317. The Labute approximate surface area is 51.6 Å². The minimum Gasteiger partial charge on any atom is -0.411 e. The van der Waals surface area contributed by atoms with E-state index < -0.39 is 0 Å². The third kappa shape index (κ3) is 1.04. The molecule has 0 saturated carbocycles. The van der Waals surface area contributed by atoms with Crippen molar-refractivity contribution in [3.05, 3.63) is 12.2 Å². The average Bonchev–Trinajstić information content (AvgIpc) is 2.18. The highest BCUT2D eigenvalue weighted by atomic mass is 16.4. The van der Waals surface area contributed by atoms with E-state index in [4.69, 9.17) is 5.21 Å². The first-order valence-electron chi connectivity index (χ1n) is 2.36. The van der Waals surface area contributed by atoms with Crippen LogP contribution in [0.3, 0.4) is 0 Å². The van der Waals surface area contributed by atoms with Crippen molar-refractivity contribution in [3.8, 4) is 0 Å². The number of hydrogen-bond donors (Lipinski definition) is 1. The zero-order chi connectivity index (χ0) is 6.69. The Hall–Kier alpha value is -1.39. The van der Waals surface area contributed by atoms with Gasteiger partial charge in [0.15, 0.2) is 5.82 Å². The fraction of sp³-hybridized carbons (Fsp3) is 0.250. The van der Waals surface area contributed by atoms with Gasteiger partial charge >= 0.3 is 0 Å². The van der Waals surface area contributed by atoms with Gasteiger partial charge in [-0.1, -0.05) is 5.16 Å². The van der Waals surface area contributed by atoms with Crippen LogP contribution in [0.1, 0.15) is 5.82 Å². The molecule has 0 unspecified atom stereocenters. The average molecular weight is 126 g/mol. The van der Waals surface area contributed by atoms with Gasteiger partial charge in [-0.15, -0.1) is 0 Å². The second-order valence-electron chi connectivity index (χ2n) is 1.49. The topological polar surface area (TPSA) is 63.3 Å². The minimum atomic E-state index is 0.525. The highest BCUT2D eigenvalue weighted by Crippen LogP contribution is 1.82. The van der Waals surface area contributed by atoms with Gasteiger partial charge in [0.1, 0.15) is 12.5 Å². The van der Waals surface area contributed by atoms with Crippen LogP contribution in [0.2, 0.25) is 0 Å². The smallest absolute Gasteiger partial charge is 0.172 e. The summed E-state index contributed by atoms with van der Waals surface area (Å²) in [6.45, 7) is 0. The molecule has 5 heteroatoms. The first-order chi connectivity index (χ1) is 4.34. The summed E-state index contributed by atoms with van der Waals surface area (Å²) in [6, 6.07) is 0. The molecule has 1 rings (SSSR count). The molecule has 1 aromatic rings. The molecule has 0 aliphatic heterocycles. The molecule has 5 nitrogen and oxygen atoms in total. The van der Waals surface area contributed by atoms with E-state index >= 15 is 0 Å². The number of nitrogens with zero attached hydrogens (tertiary/aromatic N) is 4. The van der Waals surface area contributed by atoms with Crippen LogP contribution in [0.5, 0.6) is 0 Å². The van der Waals surface area contributed by atoms with Gasteiger partial charge in [0.25, 0.3) is 0 Å². The number of oxime groups is 1. The van der Waals surface area contributed by atoms with Gasteiger partial charge in [-0.25, -0.2) is 9.67 Å². The lowest BCUT2D eigenvalue weighted by atomic mass is 10.7. The molecule has 0 aliphatic rings. The van der Waals surface area contributed by atoms with Gasteiger partial charge in [0.2, 0.25) is 0 Å². The SMILES string of the molecule is Cn1ncnc1/C=N/O. The molecule has 0 saturated heterocycles. The molecular weight excluding hydrogens is 120 g/mol. The second kappa shape index (κ2) is 2.25. The fourth-order valence-electron chi connectivity index (χ4n) is 0.474. The van der Waals surface area contributed by atoms with E-state index in [0.29, 0.717) is 5.82 Å². The van der Waals surface area contributed by atoms with E-state index in [1.807, 2.05) is 0 Å².